The van der Waals surface area contributed by atoms with Crippen LogP contribution in [-0.2, 0) is 9.84 Å². The van der Waals surface area contributed by atoms with Crippen LogP contribution >= 0.6 is 0 Å². The predicted molar refractivity (Wildman–Crippen MR) is 39.6 cm³/mol. The summed E-state index contributed by atoms with van der Waals surface area (Å²) in [7, 11) is -3.00. The Hall–Kier alpha value is -0.830. The number of rotatable bonds is 1. The monoisotopic (exact) mass is 155 g/mol. The van der Waals surface area contributed by atoms with Crippen LogP contribution < -0.4 is 0 Å². The first kappa shape index (κ1) is 7.28. The molecule has 0 heterocycles. The van der Waals surface area contributed by atoms with Gasteiger partial charge in [-0.25, -0.2) is 8.42 Å². The number of hydrogen-bond donors (Lipinski definition) is 0. The van der Waals surface area contributed by atoms with Crippen LogP contribution in [-0.4, -0.2) is 14.7 Å². The maximum Gasteiger partial charge on any atom is 0.175 e. The van der Waals surface area contributed by atoms with Crippen LogP contribution in [0.2, 0.25) is 0 Å². The molecule has 0 amide bonds. The molecule has 0 saturated heterocycles. The molecule has 0 N–H and O–H groups in total. The zero-order valence-electron chi connectivity index (χ0n) is 5.61. The van der Waals surface area contributed by atoms with Gasteiger partial charge in [-0.1, -0.05) is 18.2 Å². The summed E-state index contributed by atoms with van der Waals surface area (Å²) in [5, 5.41) is 0. The third kappa shape index (κ3) is 1.57. The molecule has 0 saturated carbocycles. The van der Waals surface area contributed by atoms with E-state index in [0.717, 1.165) is 0 Å². The van der Waals surface area contributed by atoms with Gasteiger partial charge in [-0.15, -0.1) is 0 Å². The molecule has 0 aliphatic rings. The average Bonchev–Trinajstić information content (AvgIpc) is 1.88. The van der Waals surface area contributed by atoms with Crippen molar-refractivity contribution in [3.05, 3.63) is 30.3 Å². The van der Waals surface area contributed by atoms with E-state index in [1.165, 1.54) is 6.26 Å². The van der Waals surface area contributed by atoms with E-state index in [9.17, 15) is 8.42 Å². The van der Waals surface area contributed by atoms with Crippen LogP contribution in [0.25, 0.3) is 0 Å². The first-order chi connectivity index (χ1) is 4.61. The maximum absolute atomic E-state index is 10.8. The molecule has 0 fully saturated rings. The third-order valence-electron chi connectivity index (χ3n) is 1.17. The van der Waals surface area contributed by atoms with E-state index in [-0.39, 0.29) is 0 Å². The molecule has 0 aromatic heterocycles. The Kier molecular flexibility index (Phi) is 1.76. The highest BCUT2D eigenvalue weighted by Gasteiger charge is 2.02. The van der Waals surface area contributed by atoms with Crippen molar-refractivity contribution in [2.75, 3.05) is 6.26 Å². The fraction of sp³-hybridized carbons (Fsp3) is 0.143. The van der Waals surface area contributed by atoms with E-state index in [4.69, 9.17) is 0 Å². The third-order valence-corrected chi connectivity index (χ3v) is 2.30. The van der Waals surface area contributed by atoms with E-state index < -0.39 is 9.84 Å². The smallest absolute Gasteiger partial charge is 0.175 e. The van der Waals surface area contributed by atoms with Gasteiger partial charge in [0.25, 0.3) is 0 Å². The van der Waals surface area contributed by atoms with Crippen LogP contribution in [0.3, 0.4) is 0 Å². The first-order valence-corrected chi connectivity index (χ1v) is 4.75. The zero-order chi connectivity index (χ0) is 7.61. The second-order valence-corrected chi connectivity index (χ2v) is 4.10. The highest BCUT2D eigenvalue weighted by molar-refractivity contribution is 7.90. The molecule has 0 atom stereocenters. The Bertz CT molecular complexity index is 300. The second-order valence-electron chi connectivity index (χ2n) is 2.09. The average molecular weight is 155 g/mol. The topological polar surface area (TPSA) is 34.1 Å². The summed E-state index contributed by atoms with van der Waals surface area (Å²) < 4.78 is 21.7. The molecule has 0 bridgehead atoms. The highest BCUT2D eigenvalue weighted by atomic mass is 32.2. The van der Waals surface area contributed by atoms with Gasteiger partial charge in [-0.05, 0) is 12.1 Å². The molecule has 2 nitrogen and oxygen atoms in total. The van der Waals surface area contributed by atoms with Crippen molar-refractivity contribution < 1.29 is 8.42 Å². The van der Waals surface area contributed by atoms with Crippen molar-refractivity contribution in [2.24, 2.45) is 0 Å². The van der Waals surface area contributed by atoms with Gasteiger partial charge in [-0.2, -0.15) is 0 Å². The summed E-state index contributed by atoms with van der Waals surface area (Å²) in [6.07, 6.45) is 1.20. The zero-order valence-corrected chi connectivity index (χ0v) is 6.43. The molecule has 0 unspecified atom stereocenters. The molecule has 0 radical (unpaired) electrons. The molecular formula is C7H8O2S. The quantitative estimate of drug-likeness (QED) is 0.608. The lowest BCUT2D eigenvalue weighted by Crippen LogP contribution is -1.95. The van der Waals surface area contributed by atoms with Gasteiger partial charge >= 0.3 is 0 Å². The van der Waals surface area contributed by atoms with Gasteiger partial charge in [0.1, 0.15) is 0 Å². The highest BCUT2D eigenvalue weighted by Crippen LogP contribution is 2.05. The molecule has 1 aromatic carbocycles. The summed E-state index contributed by atoms with van der Waals surface area (Å²) >= 11 is 0. The normalized spacial score (nSPS) is 11.3. The van der Waals surface area contributed by atoms with Crippen LogP contribution in [0.1, 0.15) is 0 Å². The van der Waals surface area contributed by atoms with E-state index in [1.807, 2.05) is 0 Å². The van der Waals surface area contributed by atoms with Crippen molar-refractivity contribution in [3.8, 4) is 0 Å². The molecule has 54 valence electrons. The Morgan fingerprint density at radius 2 is 1.60 bits per heavy atom. The summed E-state index contributed by atoms with van der Waals surface area (Å²) in [4.78, 5) is 0.370. The fourth-order valence-corrected chi connectivity index (χ4v) is 1.32. The summed E-state index contributed by atoms with van der Waals surface area (Å²) in [5.74, 6) is 0. The number of hydrogen-bond acceptors (Lipinski definition) is 2. The standard InChI is InChI=1S/C7H8O2S/c1-10(8,9)7-5-3-2-4-6-7/h2-6H,1H3/i1-1. The van der Waals surface area contributed by atoms with Gasteiger partial charge in [-0.3, -0.25) is 0 Å². The second kappa shape index (κ2) is 2.42. The fourth-order valence-electron chi connectivity index (χ4n) is 0.668. The molecule has 0 aliphatic carbocycles. The largest absolute Gasteiger partial charge is 0.224 e. The molecule has 0 spiro atoms. The lowest BCUT2D eigenvalue weighted by molar-refractivity contribution is 0.602. The minimum absolute atomic E-state index is 0.370. The summed E-state index contributed by atoms with van der Waals surface area (Å²) in [5.41, 5.74) is 0. The summed E-state index contributed by atoms with van der Waals surface area (Å²) in [6.45, 7) is 0. The number of sulfone groups is 1. The van der Waals surface area contributed by atoms with E-state index in [2.05, 4.69) is 0 Å². The molecule has 3 heteroatoms. The molecule has 1 rings (SSSR count). The number of benzene rings is 1. The van der Waals surface area contributed by atoms with Crippen molar-refractivity contribution in [1.82, 2.24) is 0 Å². The van der Waals surface area contributed by atoms with Crippen LogP contribution in [0.5, 0.6) is 0 Å². The predicted octanol–water partition coefficient (Wildman–Crippen LogP) is 1.09. The Balaban J connectivity index is 3.22. The lowest BCUT2D eigenvalue weighted by Gasteiger charge is -1.93. The van der Waals surface area contributed by atoms with Crippen LogP contribution in [0.15, 0.2) is 35.2 Å². The van der Waals surface area contributed by atoms with Crippen LogP contribution in [0.4, 0.5) is 0 Å². The minimum atomic E-state index is -3.00. The SMILES string of the molecule is [11CH3]S(=O)(=O)c1ccccc1. The maximum atomic E-state index is 10.8. The Morgan fingerprint density at radius 1 is 1.10 bits per heavy atom. The van der Waals surface area contributed by atoms with E-state index in [0.29, 0.717) is 4.90 Å². The Labute approximate surface area is 60.4 Å². The Morgan fingerprint density at radius 3 is 1.90 bits per heavy atom. The van der Waals surface area contributed by atoms with E-state index >= 15 is 0 Å². The van der Waals surface area contributed by atoms with Crippen LogP contribution in [0, 0.1) is 0 Å². The van der Waals surface area contributed by atoms with Gasteiger partial charge < -0.3 is 0 Å². The van der Waals surface area contributed by atoms with Gasteiger partial charge in [0.15, 0.2) is 9.84 Å². The molecule has 1 aromatic rings. The summed E-state index contributed by atoms with van der Waals surface area (Å²) in [6, 6.07) is 8.35. The minimum Gasteiger partial charge on any atom is -0.224 e. The molecule has 0 aliphatic heterocycles. The van der Waals surface area contributed by atoms with Gasteiger partial charge in [0, 0.05) is 6.26 Å². The first-order valence-electron chi connectivity index (χ1n) is 2.86. The van der Waals surface area contributed by atoms with Crippen molar-refractivity contribution in [2.45, 2.75) is 4.90 Å². The molecular weight excluding hydrogens is 147 g/mol. The van der Waals surface area contributed by atoms with Crippen molar-refractivity contribution in [1.29, 1.82) is 0 Å². The lowest BCUT2D eigenvalue weighted by atomic mass is 10.4. The van der Waals surface area contributed by atoms with Gasteiger partial charge in [0.2, 0.25) is 0 Å². The van der Waals surface area contributed by atoms with Crippen molar-refractivity contribution >= 4 is 9.84 Å². The van der Waals surface area contributed by atoms with Crippen molar-refractivity contribution in [3.63, 3.8) is 0 Å². The molecule has 10 heavy (non-hydrogen) atoms. The van der Waals surface area contributed by atoms with E-state index in [1.54, 1.807) is 30.3 Å². The van der Waals surface area contributed by atoms with Gasteiger partial charge in [0.05, 0.1) is 4.90 Å².